The van der Waals surface area contributed by atoms with Crippen LogP contribution in [0.15, 0.2) is 70.6 Å². The summed E-state index contributed by atoms with van der Waals surface area (Å²) in [6.45, 7) is 0.484. The smallest absolute Gasteiger partial charge is 0.290 e. The molecular weight excluding hydrogens is 360 g/mol. The number of nitrogens with zero attached hydrogens (tertiary/aromatic N) is 2. The van der Waals surface area contributed by atoms with Gasteiger partial charge in [0, 0.05) is 31.4 Å². The largest absolute Gasteiger partial charge is 0.503 e. The zero-order valence-electron chi connectivity index (χ0n) is 15.2. The van der Waals surface area contributed by atoms with E-state index in [9.17, 15) is 14.7 Å². The van der Waals surface area contributed by atoms with E-state index < -0.39 is 23.5 Å². The molecule has 0 bridgehead atoms. The third-order valence-electron chi connectivity index (χ3n) is 4.73. The van der Waals surface area contributed by atoms with Gasteiger partial charge in [-0.1, -0.05) is 24.3 Å². The quantitative estimate of drug-likeness (QED) is 0.663. The molecule has 2 aromatic heterocycles. The molecule has 1 aliphatic rings. The summed E-state index contributed by atoms with van der Waals surface area (Å²) >= 11 is 0. The van der Waals surface area contributed by atoms with Crippen LogP contribution in [-0.2, 0) is 9.53 Å². The summed E-state index contributed by atoms with van der Waals surface area (Å²) in [4.78, 5) is 31.4. The number of methoxy groups -OCH3 is 1. The van der Waals surface area contributed by atoms with Gasteiger partial charge in [-0.05, 0) is 23.8 Å². The number of aliphatic hydroxyl groups excluding tert-OH is 1. The minimum atomic E-state index is -0.767. The van der Waals surface area contributed by atoms with E-state index in [0.29, 0.717) is 11.1 Å². The van der Waals surface area contributed by atoms with Crippen molar-refractivity contribution in [1.82, 2.24) is 9.88 Å². The van der Waals surface area contributed by atoms with Crippen LogP contribution in [0.5, 0.6) is 0 Å². The number of benzene rings is 1. The number of Topliss-reactive ketones (excluding diaryl/α,β-unsaturated/α-hetero) is 1. The molecule has 4 rings (SSSR count). The number of hydrogen-bond donors (Lipinski definition) is 1. The summed E-state index contributed by atoms with van der Waals surface area (Å²) in [5.74, 6) is -1.66. The van der Waals surface area contributed by atoms with Crippen LogP contribution in [0.25, 0.3) is 11.0 Å². The molecule has 0 aliphatic carbocycles. The first-order valence-electron chi connectivity index (χ1n) is 8.78. The molecule has 7 nitrogen and oxygen atoms in total. The van der Waals surface area contributed by atoms with Crippen LogP contribution in [-0.4, -0.2) is 46.9 Å². The fraction of sp³-hybridized carbons (Fsp3) is 0.190. The van der Waals surface area contributed by atoms with Crippen LogP contribution >= 0.6 is 0 Å². The molecule has 1 N–H and O–H groups in total. The summed E-state index contributed by atoms with van der Waals surface area (Å²) < 4.78 is 10.7. The molecule has 0 spiro atoms. The first kappa shape index (κ1) is 17.9. The number of amides is 1. The highest BCUT2D eigenvalue weighted by molar-refractivity contribution is 6.15. The van der Waals surface area contributed by atoms with Gasteiger partial charge >= 0.3 is 0 Å². The molecule has 1 aliphatic heterocycles. The monoisotopic (exact) mass is 378 g/mol. The summed E-state index contributed by atoms with van der Waals surface area (Å²) in [6, 6.07) is 11.5. The number of rotatable bonds is 6. The predicted octanol–water partition coefficient (Wildman–Crippen LogP) is 3.05. The lowest BCUT2D eigenvalue weighted by Gasteiger charge is -2.26. The van der Waals surface area contributed by atoms with E-state index >= 15 is 0 Å². The van der Waals surface area contributed by atoms with Crippen LogP contribution in [0.3, 0.4) is 0 Å². The van der Waals surface area contributed by atoms with Crippen molar-refractivity contribution in [2.75, 3.05) is 20.3 Å². The Morgan fingerprint density at radius 2 is 2.11 bits per heavy atom. The molecule has 1 atom stereocenters. The minimum absolute atomic E-state index is 0.0202. The highest BCUT2D eigenvalue weighted by atomic mass is 16.5. The number of ketones is 1. The lowest BCUT2D eigenvalue weighted by atomic mass is 9.96. The van der Waals surface area contributed by atoms with E-state index in [1.807, 2.05) is 12.1 Å². The van der Waals surface area contributed by atoms with E-state index in [4.69, 9.17) is 9.15 Å². The maximum absolute atomic E-state index is 13.2. The molecule has 1 unspecified atom stereocenters. The van der Waals surface area contributed by atoms with E-state index in [-0.39, 0.29) is 24.5 Å². The van der Waals surface area contributed by atoms with Crippen LogP contribution in [0, 0.1) is 0 Å². The van der Waals surface area contributed by atoms with Crippen molar-refractivity contribution in [2.45, 2.75) is 6.04 Å². The first-order chi connectivity index (χ1) is 13.6. The van der Waals surface area contributed by atoms with Crippen molar-refractivity contribution in [1.29, 1.82) is 0 Å². The van der Waals surface area contributed by atoms with Gasteiger partial charge in [0.1, 0.15) is 5.58 Å². The van der Waals surface area contributed by atoms with Crippen molar-refractivity contribution in [3.63, 3.8) is 0 Å². The van der Waals surface area contributed by atoms with Crippen LogP contribution < -0.4 is 0 Å². The Labute approximate surface area is 160 Å². The number of carbonyl (C=O) groups is 2. The SMILES string of the molecule is COCCN1C(=O)C(O)=C(C(=O)c2cc3ccccc3o2)C1c1cccnc1. The third kappa shape index (κ3) is 2.95. The molecule has 1 aromatic carbocycles. The third-order valence-corrected chi connectivity index (χ3v) is 4.73. The van der Waals surface area contributed by atoms with Gasteiger partial charge in [-0.2, -0.15) is 0 Å². The van der Waals surface area contributed by atoms with Crippen LogP contribution in [0.1, 0.15) is 22.2 Å². The zero-order valence-corrected chi connectivity index (χ0v) is 15.2. The van der Waals surface area contributed by atoms with E-state index in [0.717, 1.165) is 5.39 Å². The van der Waals surface area contributed by atoms with Crippen molar-refractivity contribution < 1.29 is 23.8 Å². The molecule has 142 valence electrons. The number of fused-ring (bicyclic) bond motifs is 1. The molecule has 3 heterocycles. The normalized spacial score (nSPS) is 17.0. The number of aromatic nitrogens is 1. The maximum Gasteiger partial charge on any atom is 0.290 e. The number of carbonyl (C=O) groups excluding carboxylic acids is 2. The Kier molecular flexibility index (Phi) is 4.67. The highest BCUT2D eigenvalue weighted by Gasteiger charge is 2.44. The van der Waals surface area contributed by atoms with Crippen molar-refractivity contribution >= 4 is 22.7 Å². The Hall–Kier alpha value is -3.45. The van der Waals surface area contributed by atoms with Gasteiger partial charge in [-0.3, -0.25) is 14.6 Å². The fourth-order valence-electron chi connectivity index (χ4n) is 3.42. The Morgan fingerprint density at radius 3 is 2.82 bits per heavy atom. The van der Waals surface area contributed by atoms with E-state index in [1.54, 1.807) is 42.7 Å². The minimum Gasteiger partial charge on any atom is -0.503 e. The van der Waals surface area contributed by atoms with Gasteiger partial charge in [0.2, 0.25) is 5.78 Å². The lowest BCUT2D eigenvalue weighted by molar-refractivity contribution is -0.130. The summed E-state index contributed by atoms with van der Waals surface area (Å²) in [5.41, 5.74) is 1.16. The van der Waals surface area contributed by atoms with Gasteiger partial charge in [0.05, 0.1) is 18.2 Å². The average molecular weight is 378 g/mol. The number of para-hydroxylation sites is 1. The van der Waals surface area contributed by atoms with Crippen molar-refractivity contribution in [3.8, 4) is 0 Å². The molecule has 28 heavy (non-hydrogen) atoms. The number of pyridine rings is 1. The van der Waals surface area contributed by atoms with Crippen molar-refractivity contribution in [3.05, 3.63) is 77.5 Å². The van der Waals surface area contributed by atoms with Gasteiger partial charge in [0.25, 0.3) is 5.91 Å². The van der Waals surface area contributed by atoms with Crippen molar-refractivity contribution in [2.24, 2.45) is 0 Å². The van der Waals surface area contributed by atoms with Gasteiger partial charge < -0.3 is 19.2 Å². The summed E-state index contributed by atoms with van der Waals surface area (Å²) in [5, 5.41) is 11.3. The standard InChI is InChI=1S/C21H18N2O5/c1-27-10-9-23-18(14-6-4-8-22-12-14)17(20(25)21(23)26)19(24)16-11-13-5-2-3-7-15(13)28-16/h2-8,11-12,18,25H,9-10H2,1H3. The molecule has 1 amide bonds. The molecule has 0 saturated heterocycles. The van der Waals surface area contributed by atoms with Crippen LogP contribution in [0.2, 0.25) is 0 Å². The molecule has 3 aromatic rings. The lowest BCUT2D eigenvalue weighted by Crippen LogP contribution is -2.34. The number of ether oxygens (including phenoxy) is 1. The number of aliphatic hydroxyl groups is 1. The zero-order chi connectivity index (χ0) is 19.7. The topological polar surface area (TPSA) is 92.9 Å². The fourth-order valence-corrected chi connectivity index (χ4v) is 3.42. The maximum atomic E-state index is 13.2. The van der Waals surface area contributed by atoms with E-state index in [1.165, 1.54) is 12.0 Å². The number of hydrogen-bond acceptors (Lipinski definition) is 6. The molecule has 0 saturated carbocycles. The second kappa shape index (κ2) is 7.28. The van der Waals surface area contributed by atoms with Gasteiger partial charge in [-0.25, -0.2) is 0 Å². The molecule has 0 radical (unpaired) electrons. The Bertz CT molecular complexity index is 1040. The average Bonchev–Trinajstić information content (AvgIpc) is 3.26. The van der Waals surface area contributed by atoms with E-state index in [2.05, 4.69) is 4.98 Å². The van der Waals surface area contributed by atoms with Gasteiger partial charge in [-0.15, -0.1) is 0 Å². The van der Waals surface area contributed by atoms with Gasteiger partial charge in [0.15, 0.2) is 11.5 Å². The van der Waals surface area contributed by atoms with Crippen LogP contribution in [0.4, 0.5) is 0 Å². The Balaban J connectivity index is 1.79. The number of furan rings is 1. The molecular formula is C21H18N2O5. The summed E-state index contributed by atoms with van der Waals surface area (Å²) in [7, 11) is 1.52. The second-order valence-corrected chi connectivity index (χ2v) is 6.42. The molecule has 0 fully saturated rings. The predicted molar refractivity (Wildman–Crippen MR) is 101 cm³/mol. The summed E-state index contributed by atoms with van der Waals surface area (Å²) in [6.07, 6.45) is 3.17. The second-order valence-electron chi connectivity index (χ2n) is 6.42. The first-order valence-corrected chi connectivity index (χ1v) is 8.78. The Morgan fingerprint density at radius 1 is 1.29 bits per heavy atom. The highest BCUT2D eigenvalue weighted by Crippen LogP contribution is 2.39. The molecule has 7 heteroatoms.